The van der Waals surface area contributed by atoms with Crippen LogP contribution in [0.3, 0.4) is 0 Å². The molecule has 0 aromatic heterocycles. The van der Waals surface area contributed by atoms with Crippen LogP contribution in [-0.4, -0.2) is 0 Å². The molecule has 0 atom stereocenters. The van der Waals surface area contributed by atoms with E-state index >= 15 is 0 Å². The fourth-order valence-corrected chi connectivity index (χ4v) is 9.93. The Morgan fingerprint density at radius 1 is 0.205 bits per heavy atom. The van der Waals surface area contributed by atoms with Gasteiger partial charge in [0.05, 0.1) is 11.4 Å². The van der Waals surface area contributed by atoms with Crippen molar-refractivity contribution in [1.29, 1.82) is 0 Å². The van der Waals surface area contributed by atoms with Crippen molar-refractivity contribution in [2.24, 2.45) is 0 Å². The number of benzene rings is 12. The number of nitrogens with zero attached hydrogens (tertiary/aromatic N) is 4. The number of para-hydroxylation sites is 7. The third kappa shape index (κ3) is 11.1. The van der Waals surface area contributed by atoms with Gasteiger partial charge in [0, 0.05) is 79.4 Å². The molecule has 376 valence electrons. The second kappa shape index (κ2) is 23.8. The molecule has 0 saturated carbocycles. The van der Waals surface area contributed by atoms with Crippen LogP contribution in [0.1, 0.15) is 0 Å². The molecule has 4 N–H and O–H groups in total. The van der Waals surface area contributed by atoms with E-state index < -0.39 is 0 Å². The zero-order valence-electron chi connectivity index (χ0n) is 43.1. The van der Waals surface area contributed by atoms with E-state index in [2.05, 4.69) is 299 Å². The minimum Gasteiger partial charge on any atom is -0.399 e. The van der Waals surface area contributed by atoms with E-state index in [0.717, 1.165) is 102 Å². The largest absolute Gasteiger partial charge is 0.399 e. The van der Waals surface area contributed by atoms with Gasteiger partial charge in [-0.25, -0.2) is 0 Å². The SMILES string of the molecule is Nc1ccc(N)c(-c2ccccc2)c1.c1ccc(-c2cccc(N(c3ccccc3)c3ccc(N(c4ccccc4)c4ccccc4)cc3)c2N(c2ccccc2)c2ccc(N(c3ccccc3)c3ccccc3)cc2)cc1. The van der Waals surface area contributed by atoms with Gasteiger partial charge < -0.3 is 31.1 Å². The maximum absolute atomic E-state index is 5.87. The molecule has 12 aromatic carbocycles. The molecular weight excluding hydrogens is 949 g/mol. The lowest BCUT2D eigenvalue weighted by Gasteiger charge is -2.35. The van der Waals surface area contributed by atoms with Gasteiger partial charge in [0.2, 0.25) is 0 Å². The summed E-state index contributed by atoms with van der Waals surface area (Å²) < 4.78 is 0. The van der Waals surface area contributed by atoms with Crippen LogP contribution >= 0.6 is 0 Å². The Hall–Kier alpha value is -10.6. The molecule has 0 aliphatic heterocycles. The summed E-state index contributed by atoms with van der Waals surface area (Å²) in [6, 6.07) is 114. The van der Waals surface area contributed by atoms with E-state index in [-0.39, 0.29) is 0 Å². The molecule has 12 rings (SSSR count). The summed E-state index contributed by atoms with van der Waals surface area (Å²) in [4.78, 5) is 9.40. The molecule has 12 aromatic rings. The monoisotopic (exact) mass is 1010 g/mol. The third-order valence-electron chi connectivity index (χ3n) is 13.5. The Kier molecular flexibility index (Phi) is 15.1. The maximum Gasteiger partial charge on any atom is 0.0781 e. The van der Waals surface area contributed by atoms with E-state index in [0.29, 0.717) is 0 Å². The number of nitrogens with two attached hydrogens (primary N) is 2. The molecule has 0 spiro atoms. The standard InChI is InChI=1S/C60H46N4.C12H12N2/c1-8-23-47(24-9-1)58-37-22-38-59(63(52-33-18-6-19-34-52)56-43-39-54(40-44-56)61(48-25-10-2-11-26-48)49-27-12-3-13-28-49)60(58)64(53-35-20-7-21-36-53)57-45-41-55(42-46-57)62(50-29-14-4-15-30-50)51-31-16-5-17-32-51;13-10-6-7-12(14)11(8-10)9-4-2-1-3-5-9/h1-46H;1-8H,13-14H2. The van der Waals surface area contributed by atoms with Crippen LogP contribution in [0, 0.1) is 0 Å². The highest BCUT2D eigenvalue weighted by atomic mass is 15.2. The van der Waals surface area contributed by atoms with Crippen LogP contribution in [0.4, 0.5) is 79.6 Å². The summed E-state index contributed by atoms with van der Waals surface area (Å²) >= 11 is 0. The fourth-order valence-electron chi connectivity index (χ4n) is 9.93. The Morgan fingerprint density at radius 3 is 0.859 bits per heavy atom. The number of nitrogen functional groups attached to an aromatic ring is 2. The van der Waals surface area contributed by atoms with Crippen molar-refractivity contribution >= 4 is 79.6 Å². The molecule has 0 fully saturated rings. The number of hydrogen-bond donors (Lipinski definition) is 2. The van der Waals surface area contributed by atoms with Gasteiger partial charge in [-0.3, -0.25) is 0 Å². The van der Waals surface area contributed by atoms with Crippen LogP contribution < -0.4 is 31.1 Å². The van der Waals surface area contributed by atoms with Gasteiger partial charge in [0.25, 0.3) is 0 Å². The Morgan fingerprint density at radius 2 is 0.487 bits per heavy atom. The average molecular weight is 1010 g/mol. The second-order valence-corrected chi connectivity index (χ2v) is 18.6. The first-order valence-corrected chi connectivity index (χ1v) is 26.2. The van der Waals surface area contributed by atoms with Crippen molar-refractivity contribution in [1.82, 2.24) is 0 Å². The molecular formula is C72H58N6. The summed E-state index contributed by atoms with van der Waals surface area (Å²) in [6.45, 7) is 0. The molecule has 6 nitrogen and oxygen atoms in total. The number of anilines is 14. The van der Waals surface area contributed by atoms with Crippen molar-refractivity contribution in [3.05, 3.63) is 328 Å². The van der Waals surface area contributed by atoms with E-state index in [4.69, 9.17) is 11.5 Å². The summed E-state index contributed by atoms with van der Waals surface area (Å²) in [7, 11) is 0. The van der Waals surface area contributed by atoms with Gasteiger partial charge in [-0.05, 0) is 157 Å². The lowest BCUT2D eigenvalue weighted by atomic mass is 9.99. The van der Waals surface area contributed by atoms with Gasteiger partial charge in [-0.2, -0.15) is 0 Å². The first-order valence-electron chi connectivity index (χ1n) is 26.2. The quantitative estimate of drug-likeness (QED) is 0.106. The number of rotatable bonds is 14. The van der Waals surface area contributed by atoms with Crippen LogP contribution in [0.15, 0.2) is 328 Å². The van der Waals surface area contributed by atoms with E-state index in [1.165, 1.54) is 0 Å². The zero-order chi connectivity index (χ0) is 52.9. The lowest BCUT2D eigenvalue weighted by Crippen LogP contribution is -2.18. The van der Waals surface area contributed by atoms with Gasteiger partial charge in [0.1, 0.15) is 0 Å². The molecule has 0 amide bonds. The van der Waals surface area contributed by atoms with E-state index in [1.54, 1.807) is 0 Å². The van der Waals surface area contributed by atoms with Crippen molar-refractivity contribution in [2.75, 3.05) is 31.1 Å². The highest BCUT2D eigenvalue weighted by molar-refractivity contribution is 6.00. The van der Waals surface area contributed by atoms with Crippen molar-refractivity contribution in [3.8, 4) is 22.3 Å². The van der Waals surface area contributed by atoms with Gasteiger partial charge in [-0.1, -0.05) is 182 Å². The van der Waals surface area contributed by atoms with Crippen LogP contribution in [-0.2, 0) is 0 Å². The smallest absolute Gasteiger partial charge is 0.0781 e. The van der Waals surface area contributed by atoms with E-state index in [9.17, 15) is 0 Å². The second-order valence-electron chi connectivity index (χ2n) is 18.6. The Bertz CT molecular complexity index is 3700. The topological polar surface area (TPSA) is 65.0 Å². The molecule has 78 heavy (non-hydrogen) atoms. The van der Waals surface area contributed by atoms with Crippen molar-refractivity contribution < 1.29 is 0 Å². The molecule has 0 aliphatic carbocycles. The van der Waals surface area contributed by atoms with Gasteiger partial charge in [-0.15, -0.1) is 0 Å². The van der Waals surface area contributed by atoms with Gasteiger partial charge >= 0.3 is 0 Å². The minimum absolute atomic E-state index is 0.734. The maximum atomic E-state index is 5.87. The Balaban J connectivity index is 0.000000400. The molecule has 0 bridgehead atoms. The van der Waals surface area contributed by atoms with Gasteiger partial charge in [0.15, 0.2) is 0 Å². The predicted molar refractivity (Wildman–Crippen MR) is 331 cm³/mol. The molecule has 0 saturated heterocycles. The van der Waals surface area contributed by atoms with Crippen molar-refractivity contribution in [2.45, 2.75) is 0 Å². The zero-order valence-corrected chi connectivity index (χ0v) is 43.1. The first kappa shape index (κ1) is 49.6. The molecule has 0 unspecified atom stereocenters. The first-order chi connectivity index (χ1) is 38.6. The summed E-state index contributed by atoms with van der Waals surface area (Å²) in [6.07, 6.45) is 0. The lowest BCUT2D eigenvalue weighted by molar-refractivity contribution is 1.22. The highest BCUT2D eigenvalue weighted by Gasteiger charge is 2.26. The third-order valence-corrected chi connectivity index (χ3v) is 13.5. The summed E-state index contributed by atoms with van der Waals surface area (Å²) in [5.41, 5.74) is 30.2. The van der Waals surface area contributed by atoms with Crippen LogP contribution in [0.5, 0.6) is 0 Å². The molecule has 0 radical (unpaired) electrons. The van der Waals surface area contributed by atoms with E-state index in [1.807, 2.05) is 48.5 Å². The molecule has 0 heterocycles. The van der Waals surface area contributed by atoms with Crippen LogP contribution in [0.25, 0.3) is 22.3 Å². The Labute approximate surface area is 458 Å². The number of hydrogen-bond acceptors (Lipinski definition) is 6. The average Bonchev–Trinajstić information content (AvgIpc) is 3.63. The summed E-state index contributed by atoms with van der Waals surface area (Å²) in [5.74, 6) is 0. The minimum atomic E-state index is 0.734. The van der Waals surface area contributed by atoms with Crippen molar-refractivity contribution in [3.63, 3.8) is 0 Å². The summed E-state index contributed by atoms with van der Waals surface area (Å²) in [5, 5.41) is 0. The predicted octanol–water partition coefficient (Wildman–Crippen LogP) is 19.8. The fraction of sp³-hybridized carbons (Fsp3) is 0. The molecule has 0 aliphatic rings. The normalized spacial score (nSPS) is 10.7. The highest BCUT2D eigenvalue weighted by Crippen LogP contribution is 2.51. The van der Waals surface area contributed by atoms with Crippen LogP contribution in [0.2, 0.25) is 0 Å². The molecule has 6 heteroatoms.